The Morgan fingerprint density at radius 2 is 2.00 bits per heavy atom. The first-order valence-electron chi connectivity index (χ1n) is 6.48. The van der Waals surface area contributed by atoms with Crippen LogP contribution in [0.5, 0.6) is 0 Å². The molecular weight excluding hydrogens is 419 g/mol. The van der Waals surface area contributed by atoms with E-state index in [4.69, 9.17) is 35.4 Å². The van der Waals surface area contributed by atoms with E-state index < -0.39 is 0 Å². The van der Waals surface area contributed by atoms with Gasteiger partial charge in [0.15, 0.2) is 5.82 Å². The summed E-state index contributed by atoms with van der Waals surface area (Å²) in [5.41, 5.74) is 1.61. The number of H-pyrrole nitrogens is 1. The second-order valence-electron chi connectivity index (χ2n) is 4.55. The molecule has 0 aliphatic carbocycles. The van der Waals surface area contributed by atoms with Gasteiger partial charge in [0.2, 0.25) is 4.77 Å². The van der Waals surface area contributed by atoms with E-state index >= 15 is 0 Å². The molecule has 0 unspecified atom stereocenters. The van der Waals surface area contributed by atoms with Gasteiger partial charge in [-0.25, -0.2) is 5.10 Å². The molecule has 1 heterocycles. The van der Waals surface area contributed by atoms with E-state index in [0.717, 1.165) is 10.0 Å². The molecule has 3 rings (SSSR count). The Bertz CT molecular complexity index is 949. The van der Waals surface area contributed by atoms with Gasteiger partial charge in [-0.1, -0.05) is 57.3 Å². The smallest absolute Gasteiger partial charge is 0.216 e. The summed E-state index contributed by atoms with van der Waals surface area (Å²) in [7, 11) is 0. The first kappa shape index (κ1) is 16.4. The third-order valence-electron chi connectivity index (χ3n) is 3.04. The molecule has 0 saturated heterocycles. The van der Waals surface area contributed by atoms with Crippen molar-refractivity contribution in [3.63, 3.8) is 0 Å². The van der Waals surface area contributed by atoms with Gasteiger partial charge in [-0.3, -0.25) is 0 Å². The Morgan fingerprint density at radius 1 is 1.22 bits per heavy atom. The summed E-state index contributed by atoms with van der Waals surface area (Å²) in [4.78, 5) is 0. The van der Waals surface area contributed by atoms with Crippen LogP contribution in [0.1, 0.15) is 5.56 Å². The number of hydrogen-bond donors (Lipinski definition) is 1. The molecule has 0 saturated carbocycles. The summed E-state index contributed by atoms with van der Waals surface area (Å²) < 4.78 is 2.82. The van der Waals surface area contributed by atoms with Crippen molar-refractivity contribution in [3.8, 4) is 11.4 Å². The minimum atomic E-state index is 0.370. The van der Waals surface area contributed by atoms with E-state index in [2.05, 4.69) is 31.2 Å². The maximum Gasteiger partial charge on any atom is 0.216 e. The van der Waals surface area contributed by atoms with Crippen LogP contribution in [0.15, 0.2) is 52.0 Å². The lowest BCUT2D eigenvalue weighted by molar-refractivity contribution is 0.871. The van der Waals surface area contributed by atoms with Gasteiger partial charge in [-0.05, 0) is 36.5 Å². The molecule has 116 valence electrons. The van der Waals surface area contributed by atoms with Gasteiger partial charge < -0.3 is 0 Å². The maximum atomic E-state index is 6.24. The summed E-state index contributed by atoms with van der Waals surface area (Å²) >= 11 is 20.9. The van der Waals surface area contributed by atoms with E-state index in [-0.39, 0.29) is 0 Å². The maximum absolute atomic E-state index is 6.24. The molecule has 23 heavy (non-hydrogen) atoms. The zero-order chi connectivity index (χ0) is 16.4. The monoisotopic (exact) mass is 426 g/mol. The number of benzene rings is 2. The van der Waals surface area contributed by atoms with Crippen LogP contribution < -0.4 is 0 Å². The highest BCUT2D eigenvalue weighted by Gasteiger charge is 2.12. The van der Waals surface area contributed by atoms with E-state index in [1.165, 1.54) is 4.68 Å². The number of aromatic amines is 1. The Kier molecular flexibility index (Phi) is 4.96. The highest BCUT2D eigenvalue weighted by molar-refractivity contribution is 9.10. The van der Waals surface area contributed by atoms with Crippen LogP contribution >= 0.6 is 51.3 Å². The Morgan fingerprint density at radius 3 is 2.74 bits per heavy atom. The predicted octanol–water partition coefficient (Wildman–Crippen LogP) is 5.56. The summed E-state index contributed by atoms with van der Waals surface area (Å²) in [5.74, 6) is 0.514. The highest BCUT2D eigenvalue weighted by Crippen LogP contribution is 2.29. The Labute approximate surface area is 155 Å². The van der Waals surface area contributed by atoms with Gasteiger partial charge >= 0.3 is 0 Å². The zero-order valence-electron chi connectivity index (χ0n) is 11.5. The first-order chi connectivity index (χ1) is 11.1. The van der Waals surface area contributed by atoms with Gasteiger partial charge in [0.25, 0.3) is 0 Å². The van der Waals surface area contributed by atoms with Crippen LogP contribution in [0.3, 0.4) is 0 Å². The second kappa shape index (κ2) is 6.97. The summed E-state index contributed by atoms with van der Waals surface area (Å²) in [5, 5.41) is 12.4. The van der Waals surface area contributed by atoms with Gasteiger partial charge in [-0.2, -0.15) is 14.9 Å². The van der Waals surface area contributed by atoms with Crippen molar-refractivity contribution in [1.29, 1.82) is 0 Å². The van der Waals surface area contributed by atoms with Crippen molar-refractivity contribution in [1.82, 2.24) is 14.9 Å². The normalized spacial score (nSPS) is 11.3. The van der Waals surface area contributed by atoms with Crippen molar-refractivity contribution in [2.45, 2.75) is 0 Å². The molecule has 1 N–H and O–H groups in total. The topological polar surface area (TPSA) is 46.0 Å². The van der Waals surface area contributed by atoms with Crippen molar-refractivity contribution >= 4 is 57.6 Å². The summed E-state index contributed by atoms with van der Waals surface area (Å²) in [6.07, 6.45) is 1.70. The summed E-state index contributed by atoms with van der Waals surface area (Å²) in [6.45, 7) is 0. The van der Waals surface area contributed by atoms with Crippen molar-refractivity contribution in [2.75, 3.05) is 0 Å². The number of hydrogen-bond acceptors (Lipinski definition) is 3. The van der Waals surface area contributed by atoms with Crippen LogP contribution in [0.2, 0.25) is 10.0 Å². The molecule has 0 bridgehead atoms. The Hall–Kier alpha value is -1.47. The third-order valence-corrected chi connectivity index (χ3v) is 4.57. The molecule has 0 aliphatic rings. The Balaban J connectivity index is 2.06. The molecule has 0 spiro atoms. The van der Waals surface area contributed by atoms with Crippen molar-refractivity contribution in [3.05, 3.63) is 67.3 Å². The minimum Gasteiger partial charge on any atom is -0.250 e. The second-order valence-corrected chi connectivity index (χ2v) is 6.64. The fraction of sp³-hybridized carbons (Fsp3) is 0. The molecule has 3 aromatic rings. The van der Waals surface area contributed by atoms with E-state index in [0.29, 0.717) is 26.2 Å². The highest BCUT2D eigenvalue weighted by atomic mass is 79.9. The van der Waals surface area contributed by atoms with E-state index in [9.17, 15) is 0 Å². The molecule has 4 nitrogen and oxygen atoms in total. The van der Waals surface area contributed by atoms with Crippen molar-refractivity contribution < 1.29 is 0 Å². The van der Waals surface area contributed by atoms with Crippen LogP contribution in [0.25, 0.3) is 11.4 Å². The van der Waals surface area contributed by atoms with Crippen LogP contribution in [-0.4, -0.2) is 21.1 Å². The fourth-order valence-corrected chi connectivity index (χ4v) is 3.00. The number of halogens is 3. The number of nitrogens with one attached hydrogen (secondary N) is 1. The SMILES string of the molecule is S=c1[nH]nc(-c2ccc(Cl)cc2Cl)n1/N=C/c1ccccc1Br. The molecule has 0 amide bonds. The van der Waals surface area contributed by atoms with Gasteiger partial charge in [0, 0.05) is 20.6 Å². The standard InChI is InChI=1S/C15H9BrCl2N4S/c16-12-4-2-1-3-9(12)8-19-22-14(20-21-15(22)23)11-6-5-10(17)7-13(11)18/h1-8H,(H,21,23)/b19-8+. The average molecular weight is 428 g/mol. The fourth-order valence-electron chi connectivity index (χ4n) is 1.94. The molecule has 1 aromatic heterocycles. The molecule has 0 aliphatic heterocycles. The van der Waals surface area contributed by atoms with Gasteiger partial charge in [0.05, 0.1) is 11.2 Å². The minimum absolute atomic E-state index is 0.370. The summed E-state index contributed by atoms with van der Waals surface area (Å²) in [6, 6.07) is 12.9. The van der Waals surface area contributed by atoms with Gasteiger partial charge in [-0.15, -0.1) is 0 Å². The quantitative estimate of drug-likeness (QED) is 0.439. The average Bonchev–Trinajstić information content (AvgIpc) is 2.87. The molecule has 8 heteroatoms. The first-order valence-corrected chi connectivity index (χ1v) is 8.43. The number of nitrogens with zero attached hydrogens (tertiary/aromatic N) is 3. The zero-order valence-corrected chi connectivity index (χ0v) is 15.4. The molecular formula is C15H9BrCl2N4S. The van der Waals surface area contributed by atoms with Crippen molar-refractivity contribution in [2.24, 2.45) is 5.10 Å². The lowest BCUT2D eigenvalue weighted by Gasteiger charge is -2.04. The molecule has 0 radical (unpaired) electrons. The van der Waals surface area contributed by atoms with Crippen LogP contribution in [0.4, 0.5) is 0 Å². The molecule has 0 atom stereocenters. The largest absolute Gasteiger partial charge is 0.250 e. The van der Waals surface area contributed by atoms with Crippen LogP contribution in [-0.2, 0) is 0 Å². The lowest BCUT2D eigenvalue weighted by Crippen LogP contribution is -1.96. The van der Waals surface area contributed by atoms with E-state index in [1.54, 1.807) is 24.4 Å². The predicted molar refractivity (Wildman–Crippen MR) is 100 cm³/mol. The molecule has 0 fully saturated rings. The third kappa shape index (κ3) is 3.55. The van der Waals surface area contributed by atoms with Gasteiger partial charge in [0.1, 0.15) is 0 Å². The lowest BCUT2D eigenvalue weighted by atomic mass is 10.2. The van der Waals surface area contributed by atoms with Crippen LogP contribution in [0, 0.1) is 4.77 Å². The van der Waals surface area contributed by atoms with E-state index in [1.807, 2.05) is 24.3 Å². The molecule has 2 aromatic carbocycles. The number of rotatable bonds is 3. The number of aromatic nitrogens is 3.